The minimum atomic E-state index is 0.837. The highest BCUT2D eigenvalue weighted by Gasteiger charge is 2.05. The summed E-state index contributed by atoms with van der Waals surface area (Å²) in [5.74, 6) is 0. The number of aryl methyl sites for hydroxylation is 1. The number of nitrogens with two attached hydrogens (primary N) is 1. The molecule has 0 fully saturated rings. The Morgan fingerprint density at radius 3 is 2.46 bits per heavy atom. The number of rotatable bonds is 3. The van der Waals surface area contributed by atoms with Gasteiger partial charge >= 0.3 is 0 Å². The lowest BCUT2D eigenvalue weighted by Gasteiger charge is -2.11. The van der Waals surface area contributed by atoms with Gasteiger partial charge in [-0.2, -0.15) is 0 Å². The fraction of sp³-hybridized carbons (Fsp3) is 0.333. The predicted molar refractivity (Wildman–Crippen MR) is 59.7 cm³/mol. The summed E-state index contributed by atoms with van der Waals surface area (Å²) in [6.45, 7) is 8.11. The van der Waals surface area contributed by atoms with Crippen molar-refractivity contribution in [2.45, 2.75) is 26.7 Å². The molecule has 70 valence electrons. The topological polar surface area (TPSA) is 26.0 Å². The first-order chi connectivity index (χ1) is 6.24. The Labute approximate surface area is 80.3 Å². The molecule has 1 aromatic carbocycles. The van der Waals surface area contributed by atoms with E-state index in [1.807, 2.05) is 12.1 Å². The van der Waals surface area contributed by atoms with Gasteiger partial charge in [0.25, 0.3) is 0 Å². The first-order valence-electron chi connectivity index (χ1n) is 4.77. The van der Waals surface area contributed by atoms with E-state index in [9.17, 15) is 0 Å². The number of hydrogen-bond donors (Lipinski definition) is 1. The predicted octanol–water partition coefficient (Wildman–Crippen LogP) is 3.04. The van der Waals surface area contributed by atoms with Crippen molar-refractivity contribution >= 4 is 11.8 Å². The average Bonchev–Trinajstić information content (AvgIpc) is 2.17. The molecule has 0 saturated carbocycles. The highest BCUT2D eigenvalue weighted by Crippen LogP contribution is 2.23. The molecule has 1 rings (SSSR count). The summed E-state index contributed by atoms with van der Waals surface area (Å²) in [6, 6.07) is 4.08. The molecule has 1 heteroatoms. The van der Waals surface area contributed by atoms with Crippen molar-refractivity contribution in [3.05, 3.63) is 35.4 Å². The summed E-state index contributed by atoms with van der Waals surface area (Å²) in [7, 11) is 0. The Morgan fingerprint density at radius 2 is 2.00 bits per heavy atom. The van der Waals surface area contributed by atoms with Crippen LogP contribution >= 0.6 is 0 Å². The molecule has 2 N–H and O–H groups in total. The van der Waals surface area contributed by atoms with Crippen LogP contribution in [-0.2, 0) is 12.8 Å². The zero-order valence-corrected chi connectivity index (χ0v) is 8.43. The van der Waals surface area contributed by atoms with Gasteiger partial charge in [0.2, 0.25) is 0 Å². The molecular formula is C12H17N. The van der Waals surface area contributed by atoms with Gasteiger partial charge in [0.05, 0.1) is 0 Å². The number of anilines is 1. The Morgan fingerprint density at radius 1 is 1.31 bits per heavy atom. The molecule has 0 amide bonds. The summed E-state index contributed by atoms with van der Waals surface area (Å²) in [5.41, 5.74) is 10.5. The van der Waals surface area contributed by atoms with Crippen molar-refractivity contribution in [1.29, 1.82) is 0 Å². The summed E-state index contributed by atoms with van der Waals surface area (Å²) in [6.07, 6.45) is 3.94. The second-order valence-corrected chi connectivity index (χ2v) is 3.12. The smallest absolute Gasteiger partial charge is 0.0390 e. The monoisotopic (exact) mass is 175 g/mol. The van der Waals surface area contributed by atoms with Gasteiger partial charge in [0.15, 0.2) is 0 Å². The molecule has 0 saturated heterocycles. The molecule has 0 aromatic heterocycles. The lowest BCUT2D eigenvalue weighted by molar-refractivity contribution is 1.03. The van der Waals surface area contributed by atoms with E-state index in [0.717, 1.165) is 24.1 Å². The van der Waals surface area contributed by atoms with Gasteiger partial charge in [-0.3, -0.25) is 0 Å². The quantitative estimate of drug-likeness (QED) is 0.702. The van der Waals surface area contributed by atoms with Crippen molar-refractivity contribution < 1.29 is 0 Å². The average molecular weight is 175 g/mol. The highest BCUT2D eigenvalue weighted by atomic mass is 14.6. The Balaban J connectivity index is 3.36. The molecule has 1 aromatic rings. The largest absolute Gasteiger partial charge is 0.398 e. The Hall–Kier alpha value is -1.24. The van der Waals surface area contributed by atoms with Crippen LogP contribution in [0, 0.1) is 0 Å². The third kappa shape index (κ3) is 1.74. The zero-order chi connectivity index (χ0) is 9.84. The number of nitrogen functional groups attached to an aromatic ring is 1. The molecule has 0 unspecified atom stereocenters. The van der Waals surface area contributed by atoms with Gasteiger partial charge in [-0.15, -0.1) is 0 Å². The Kier molecular flexibility index (Phi) is 3.13. The van der Waals surface area contributed by atoms with Crippen LogP contribution in [0.2, 0.25) is 0 Å². The van der Waals surface area contributed by atoms with Gasteiger partial charge in [0, 0.05) is 11.3 Å². The van der Waals surface area contributed by atoms with Crippen LogP contribution in [0.1, 0.15) is 30.5 Å². The Bertz CT molecular complexity index is 313. The van der Waals surface area contributed by atoms with Gasteiger partial charge in [-0.05, 0) is 30.0 Å². The molecule has 13 heavy (non-hydrogen) atoms. The molecule has 0 bridgehead atoms. The molecule has 1 nitrogen and oxygen atoms in total. The second-order valence-electron chi connectivity index (χ2n) is 3.12. The van der Waals surface area contributed by atoms with Crippen LogP contribution in [0.25, 0.3) is 6.08 Å². The summed E-state index contributed by atoms with van der Waals surface area (Å²) in [5, 5.41) is 0. The SMILES string of the molecule is C=Cc1c(N)ccc(CC)c1CC. The molecule has 0 heterocycles. The normalized spacial score (nSPS) is 10.0. The summed E-state index contributed by atoms with van der Waals surface area (Å²) in [4.78, 5) is 0. The van der Waals surface area contributed by atoms with E-state index in [4.69, 9.17) is 5.73 Å². The summed E-state index contributed by atoms with van der Waals surface area (Å²) >= 11 is 0. The standard InChI is InChI=1S/C12H17N/c1-4-9-7-8-12(13)11(6-3)10(9)5-2/h6-8H,3-5,13H2,1-2H3. The fourth-order valence-electron chi connectivity index (χ4n) is 1.72. The first-order valence-corrected chi connectivity index (χ1v) is 4.77. The van der Waals surface area contributed by atoms with E-state index >= 15 is 0 Å². The minimum Gasteiger partial charge on any atom is -0.398 e. The van der Waals surface area contributed by atoms with Crippen molar-refractivity contribution in [2.24, 2.45) is 0 Å². The third-order valence-corrected chi connectivity index (χ3v) is 2.43. The van der Waals surface area contributed by atoms with Crippen LogP contribution in [0.3, 0.4) is 0 Å². The van der Waals surface area contributed by atoms with Gasteiger partial charge in [-0.25, -0.2) is 0 Å². The van der Waals surface area contributed by atoms with Crippen molar-refractivity contribution in [3.8, 4) is 0 Å². The maximum atomic E-state index is 5.86. The maximum Gasteiger partial charge on any atom is 0.0390 e. The van der Waals surface area contributed by atoms with E-state index in [0.29, 0.717) is 0 Å². The number of hydrogen-bond acceptors (Lipinski definition) is 1. The van der Waals surface area contributed by atoms with Crippen LogP contribution in [-0.4, -0.2) is 0 Å². The molecule has 0 aliphatic heterocycles. The van der Waals surface area contributed by atoms with E-state index in [2.05, 4.69) is 26.5 Å². The van der Waals surface area contributed by atoms with E-state index in [-0.39, 0.29) is 0 Å². The van der Waals surface area contributed by atoms with Crippen LogP contribution in [0.4, 0.5) is 5.69 Å². The molecular weight excluding hydrogens is 158 g/mol. The van der Waals surface area contributed by atoms with Gasteiger partial charge < -0.3 is 5.73 Å². The van der Waals surface area contributed by atoms with Crippen LogP contribution < -0.4 is 5.73 Å². The minimum absolute atomic E-state index is 0.837. The second kappa shape index (κ2) is 4.13. The summed E-state index contributed by atoms with van der Waals surface area (Å²) < 4.78 is 0. The molecule has 0 spiro atoms. The number of benzene rings is 1. The van der Waals surface area contributed by atoms with Crippen molar-refractivity contribution in [2.75, 3.05) is 5.73 Å². The lowest BCUT2D eigenvalue weighted by Crippen LogP contribution is -1.99. The first kappa shape index (κ1) is 9.85. The van der Waals surface area contributed by atoms with Gasteiger partial charge in [-0.1, -0.05) is 32.6 Å². The van der Waals surface area contributed by atoms with E-state index in [1.54, 1.807) is 0 Å². The van der Waals surface area contributed by atoms with Crippen molar-refractivity contribution in [3.63, 3.8) is 0 Å². The molecule has 0 aliphatic carbocycles. The third-order valence-electron chi connectivity index (χ3n) is 2.43. The maximum absolute atomic E-state index is 5.86. The fourth-order valence-corrected chi connectivity index (χ4v) is 1.72. The van der Waals surface area contributed by atoms with Crippen LogP contribution in [0.15, 0.2) is 18.7 Å². The molecule has 0 atom stereocenters. The van der Waals surface area contributed by atoms with Crippen molar-refractivity contribution in [1.82, 2.24) is 0 Å². The van der Waals surface area contributed by atoms with E-state index in [1.165, 1.54) is 11.1 Å². The van der Waals surface area contributed by atoms with Crippen LogP contribution in [0.5, 0.6) is 0 Å². The molecule has 0 aliphatic rings. The zero-order valence-electron chi connectivity index (χ0n) is 8.43. The lowest BCUT2D eigenvalue weighted by atomic mass is 9.96. The molecule has 0 radical (unpaired) electrons. The van der Waals surface area contributed by atoms with E-state index < -0.39 is 0 Å². The van der Waals surface area contributed by atoms with Gasteiger partial charge in [0.1, 0.15) is 0 Å². The highest BCUT2D eigenvalue weighted by molar-refractivity contribution is 5.68.